The van der Waals surface area contributed by atoms with Crippen LogP contribution in [0.4, 0.5) is 10.5 Å². The van der Waals surface area contributed by atoms with E-state index in [2.05, 4.69) is 15.6 Å². The first-order valence-corrected chi connectivity index (χ1v) is 13.4. The topological polar surface area (TPSA) is 247 Å². The van der Waals surface area contributed by atoms with Gasteiger partial charge in [0.2, 0.25) is 11.8 Å². The summed E-state index contributed by atoms with van der Waals surface area (Å²) in [6.07, 6.45) is 3.19. The smallest absolute Gasteiger partial charge is 0.326 e. The van der Waals surface area contributed by atoms with Gasteiger partial charge in [-0.15, -0.1) is 0 Å². The molecular formula is C26H40N8O7. The highest BCUT2D eigenvalue weighted by Gasteiger charge is 2.42. The summed E-state index contributed by atoms with van der Waals surface area (Å²) in [5.41, 5.74) is 15.9. The zero-order chi connectivity index (χ0) is 30.5. The molecule has 0 spiro atoms. The molecule has 3 rings (SSSR count). The highest BCUT2D eigenvalue weighted by molar-refractivity contribution is 5.96. The van der Waals surface area contributed by atoms with Crippen LogP contribution in [0.25, 0.3) is 0 Å². The molecule has 2 heterocycles. The summed E-state index contributed by atoms with van der Waals surface area (Å²) in [4.78, 5) is 66.1. The number of carbonyl (C=O) groups is 5. The Balaban J connectivity index is 0.000000415. The molecule has 2 aliphatic rings. The molecule has 0 unspecified atom stereocenters. The fourth-order valence-corrected chi connectivity index (χ4v) is 4.60. The number of benzene rings is 1. The van der Waals surface area contributed by atoms with Gasteiger partial charge in [-0.25, -0.2) is 9.59 Å². The fraction of sp³-hybridized carbons (Fsp3) is 0.538. The highest BCUT2D eigenvalue weighted by Crippen LogP contribution is 2.25. The van der Waals surface area contributed by atoms with Crippen molar-refractivity contribution in [3.63, 3.8) is 0 Å². The maximum atomic E-state index is 12.9. The Hall–Kier alpha value is -4.40. The molecule has 0 radical (unpaired) electrons. The minimum atomic E-state index is -1.01. The molecule has 10 N–H and O–H groups in total. The largest absolute Gasteiger partial charge is 0.480 e. The quantitative estimate of drug-likeness (QED) is 0.109. The minimum absolute atomic E-state index is 0.0129. The summed E-state index contributed by atoms with van der Waals surface area (Å²) < 4.78 is 0. The van der Waals surface area contributed by atoms with Crippen molar-refractivity contribution in [2.24, 2.45) is 22.2 Å². The third-order valence-electron chi connectivity index (χ3n) is 6.68. The lowest BCUT2D eigenvalue weighted by Crippen LogP contribution is -2.55. The van der Waals surface area contributed by atoms with Crippen molar-refractivity contribution < 1.29 is 34.2 Å². The second-order valence-corrected chi connectivity index (χ2v) is 9.80. The number of likely N-dealkylation sites (tertiary alicyclic amines) is 2. The maximum Gasteiger partial charge on any atom is 0.326 e. The molecule has 0 aliphatic carbocycles. The number of nitrogens with one attached hydrogen (secondary N) is 2. The van der Waals surface area contributed by atoms with E-state index in [-0.39, 0.29) is 17.8 Å². The average Bonchev–Trinajstić information content (AvgIpc) is 3.61. The zero-order valence-electron chi connectivity index (χ0n) is 23.1. The molecule has 0 aromatic heterocycles. The third-order valence-corrected chi connectivity index (χ3v) is 6.68. The van der Waals surface area contributed by atoms with E-state index in [9.17, 15) is 29.1 Å². The summed E-state index contributed by atoms with van der Waals surface area (Å²) in [5.74, 6) is -2.67. The van der Waals surface area contributed by atoms with Crippen molar-refractivity contribution in [1.29, 1.82) is 0 Å². The minimum Gasteiger partial charge on any atom is -0.480 e. The molecule has 4 amide bonds. The van der Waals surface area contributed by atoms with Gasteiger partial charge < -0.3 is 47.8 Å². The molecule has 15 heteroatoms. The number of guanidine groups is 1. The SMILES string of the molecule is C[C@H](NC(=O)Nc1ccccc1)C(=O)N1CCC[C@H]1C(=O)N1CCC[C@H]1C(=O)O.NC(N)=NCCC[C@H](N)C(=O)O. The number of para-hydroxylation sites is 1. The molecule has 41 heavy (non-hydrogen) atoms. The number of carbonyl (C=O) groups excluding carboxylic acids is 3. The van der Waals surface area contributed by atoms with E-state index in [0.717, 1.165) is 0 Å². The van der Waals surface area contributed by atoms with E-state index >= 15 is 0 Å². The van der Waals surface area contributed by atoms with Gasteiger partial charge in [-0.2, -0.15) is 0 Å². The molecule has 15 nitrogen and oxygen atoms in total. The first-order valence-electron chi connectivity index (χ1n) is 13.4. The Morgan fingerprint density at radius 3 is 2.20 bits per heavy atom. The molecule has 226 valence electrons. The number of aliphatic carboxylic acids is 2. The van der Waals surface area contributed by atoms with Crippen molar-refractivity contribution >= 4 is 41.4 Å². The van der Waals surface area contributed by atoms with E-state index in [4.69, 9.17) is 22.3 Å². The number of nitrogens with zero attached hydrogens (tertiary/aromatic N) is 3. The van der Waals surface area contributed by atoms with E-state index < -0.39 is 42.1 Å². The van der Waals surface area contributed by atoms with E-state index in [1.807, 2.05) is 6.07 Å². The van der Waals surface area contributed by atoms with Gasteiger partial charge in [0.1, 0.15) is 24.2 Å². The molecule has 2 saturated heterocycles. The summed E-state index contributed by atoms with van der Waals surface area (Å²) in [7, 11) is 0. The van der Waals surface area contributed by atoms with Crippen molar-refractivity contribution in [2.75, 3.05) is 25.0 Å². The second kappa shape index (κ2) is 16.0. The van der Waals surface area contributed by atoms with Gasteiger partial charge in [0, 0.05) is 25.3 Å². The van der Waals surface area contributed by atoms with Gasteiger partial charge in [0.25, 0.3) is 0 Å². The number of amides is 4. The monoisotopic (exact) mass is 576 g/mol. The number of carboxylic acids is 2. The van der Waals surface area contributed by atoms with E-state index in [1.165, 1.54) is 9.80 Å². The van der Waals surface area contributed by atoms with Crippen LogP contribution in [0.3, 0.4) is 0 Å². The van der Waals surface area contributed by atoms with Crippen LogP contribution in [-0.2, 0) is 19.2 Å². The van der Waals surface area contributed by atoms with Gasteiger partial charge >= 0.3 is 18.0 Å². The molecule has 4 atom stereocenters. The predicted octanol–water partition coefficient (Wildman–Crippen LogP) is -0.285. The number of carboxylic acid groups (broad SMARTS) is 2. The Kier molecular flexibility index (Phi) is 12.8. The predicted molar refractivity (Wildman–Crippen MR) is 151 cm³/mol. The number of rotatable bonds is 10. The van der Waals surface area contributed by atoms with Crippen LogP contribution in [0.5, 0.6) is 0 Å². The van der Waals surface area contributed by atoms with Gasteiger partial charge in [-0.1, -0.05) is 18.2 Å². The van der Waals surface area contributed by atoms with Crippen molar-refractivity contribution in [2.45, 2.75) is 69.6 Å². The lowest BCUT2D eigenvalue weighted by atomic mass is 10.1. The van der Waals surface area contributed by atoms with Crippen LogP contribution in [0.2, 0.25) is 0 Å². The van der Waals surface area contributed by atoms with Crippen molar-refractivity contribution in [3.8, 4) is 0 Å². The van der Waals surface area contributed by atoms with Gasteiger partial charge in [-0.05, 0) is 57.6 Å². The number of hydrogen-bond acceptors (Lipinski definition) is 7. The molecule has 1 aromatic rings. The number of hydrogen-bond donors (Lipinski definition) is 7. The summed E-state index contributed by atoms with van der Waals surface area (Å²) >= 11 is 0. The van der Waals surface area contributed by atoms with E-state index in [0.29, 0.717) is 63.8 Å². The van der Waals surface area contributed by atoms with Gasteiger partial charge in [0.15, 0.2) is 5.96 Å². The maximum absolute atomic E-state index is 12.9. The van der Waals surface area contributed by atoms with Gasteiger partial charge in [0.05, 0.1) is 0 Å². The standard InChI is InChI=1S/C20H26N4O5.C6H14N4O2/c1-13(21-20(29)22-14-7-3-2-4-8-14)17(25)23-11-5-9-15(23)18(26)24-12-6-10-16(24)19(27)28;7-4(5(11)12)2-1-3-10-6(8)9/h2-4,7-8,13,15-16H,5-6,9-12H2,1H3,(H,27,28)(H2,21,22,29);4H,1-3,7H2,(H,11,12)(H4,8,9,10)/t13-,15-,16-;4-/m00/s1. The number of urea groups is 1. The number of aliphatic imine (C=N–C) groups is 1. The first kappa shape index (κ1) is 32.8. The number of anilines is 1. The van der Waals surface area contributed by atoms with Gasteiger partial charge in [-0.3, -0.25) is 19.4 Å². The molecule has 2 aliphatic heterocycles. The molecule has 0 bridgehead atoms. The van der Waals surface area contributed by atoms with Crippen LogP contribution in [0, 0.1) is 0 Å². The van der Waals surface area contributed by atoms with Crippen LogP contribution in [-0.4, -0.2) is 99.6 Å². The van der Waals surface area contributed by atoms with E-state index in [1.54, 1.807) is 31.2 Å². The highest BCUT2D eigenvalue weighted by atomic mass is 16.4. The zero-order valence-corrected chi connectivity index (χ0v) is 23.1. The lowest BCUT2D eigenvalue weighted by Gasteiger charge is -2.31. The first-order chi connectivity index (χ1) is 19.4. The molecular weight excluding hydrogens is 536 g/mol. The Bertz CT molecular complexity index is 1100. The van der Waals surface area contributed by atoms with Crippen LogP contribution in [0.1, 0.15) is 45.4 Å². The summed E-state index contributed by atoms with van der Waals surface area (Å²) in [6, 6.07) is 5.21. The normalized spacial score (nSPS) is 19.3. The second-order valence-electron chi connectivity index (χ2n) is 9.80. The lowest BCUT2D eigenvalue weighted by molar-refractivity contribution is -0.152. The van der Waals surface area contributed by atoms with Crippen LogP contribution < -0.4 is 27.8 Å². The molecule has 1 aromatic carbocycles. The molecule has 2 fully saturated rings. The molecule has 0 saturated carbocycles. The Morgan fingerprint density at radius 2 is 1.61 bits per heavy atom. The summed E-state index contributed by atoms with van der Waals surface area (Å²) in [6.45, 7) is 2.79. The fourth-order valence-electron chi connectivity index (χ4n) is 4.60. The Labute approximate surface area is 238 Å². The van der Waals surface area contributed by atoms with Crippen LogP contribution in [0.15, 0.2) is 35.3 Å². The Morgan fingerprint density at radius 1 is 1.00 bits per heavy atom. The third kappa shape index (κ3) is 10.3. The average molecular weight is 577 g/mol. The summed E-state index contributed by atoms with van der Waals surface area (Å²) in [5, 5.41) is 23.0. The van der Waals surface area contributed by atoms with Crippen LogP contribution >= 0.6 is 0 Å². The number of nitrogens with two attached hydrogens (primary N) is 3. The van der Waals surface area contributed by atoms with Crippen molar-refractivity contribution in [3.05, 3.63) is 30.3 Å². The van der Waals surface area contributed by atoms with Crippen molar-refractivity contribution in [1.82, 2.24) is 15.1 Å².